The van der Waals surface area contributed by atoms with Gasteiger partial charge in [0.05, 0.1) is 6.61 Å². The molecule has 0 aliphatic rings. The van der Waals surface area contributed by atoms with E-state index in [-0.39, 0.29) is 11.9 Å². The lowest BCUT2D eigenvalue weighted by Crippen LogP contribution is -2.21. The number of halogens is 1. The van der Waals surface area contributed by atoms with Gasteiger partial charge in [0.1, 0.15) is 11.6 Å². The minimum atomic E-state index is -0.196. The van der Waals surface area contributed by atoms with Gasteiger partial charge in [-0.2, -0.15) is 0 Å². The summed E-state index contributed by atoms with van der Waals surface area (Å²) in [5, 5.41) is 3.31. The molecule has 0 aliphatic carbocycles. The fraction of sp³-hybridized carbons (Fsp3) is 0.625. The lowest BCUT2D eigenvalue weighted by molar-refractivity contribution is 0.282. The van der Waals surface area contributed by atoms with E-state index in [0.717, 1.165) is 19.4 Å². The second kappa shape index (κ2) is 8.16. The summed E-state index contributed by atoms with van der Waals surface area (Å²) >= 11 is 0. The molecule has 0 spiro atoms. The van der Waals surface area contributed by atoms with Crippen molar-refractivity contribution in [2.45, 2.75) is 46.6 Å². The first-order chi connectivity index (χ1) is 9.06. The van der Waals surface area contributed by atoms with Crippen molar-refractivity contribution in [3.8, 4) is 5.75 Å². The summed E-state index contributed by atoms with van der Waals surface area (Å²) < 4.78 is 19.7. The first-order valence-corrected chi connectivity index (χ1v) is 7.20. The van der Waals surface area contributed by atoms with Crippen molar-refractivity contribution in [3.63, 3.8) is 0 Å². The Labute approximate surface area is 116 Å². The van der Waals surface area contributed by atoms with Crippen molar-refractivity contribution in [3.05, 3.63) is 29.6 Å². The van der Waals surface area contributed by atoms with Crippen LogP contribution in [0.4, 0.5) is 4.39 Å². The van der Waals surface area contributed by atoms with Crippen molar-refractivity contribution in [2.75, 3.05) is 13.2 Å². The van der Waals surface area contributed by atoms with Gasteiger partial charge in [0.25, 0.3) is 0 Å². The molecule has 0 saturated heterocycles. The fourth-order valence-electron chi connectivity index (χ4n) is 1.93. The molecule has 0 saturated carbocycles. The molecule has 0 amide bonds. The molecule has 3 heteroatoms. The quantitative estimate of drug-likeness (QED) is 0.757. The van der Waals surface area contributed by atoms with E-state index in [2.05, 4.69) is 26.1 Å². The van der Waals surface area contributed by atoms with Crippen LogP contribution in [-0.4, -0.2) is 13.2 Å². The largest absolute Gasteiger partial charge is 0.493 e. The number of rotatable bonds is 8. The van der Waals surface area contributed by atoms with Crippen molar-refractivity contribution >= 4 is 0 Å². The maximum absolute atomic E-state index is 14.0. The molecular formula is C16H26FNO. The molecule has 19 heavy (non-hydrogen) atoms. The lowest BCUT2D eigenvalue weighted by atomic mass is 10.1. The average Bonchev–Trinajstić information content (AvgIpc) is 2.35. The third-order valence-electron chi connectivity index (χ3n) is 3.10. The van der Waals surface area contributed by atoms with Gasteiger partial charge in [-0.15, -0.1) is 0 Å². The van der Waals surface area contributed by atoms with Crippen LogP contribution < -0.4 is 10.1 Å². The van der Waals surface area contributed by atoms with Crippen LogP contribution in [0, 0.1) is 11.7 Å². The van der Waals surface area contributed by atoms with Gasteiger partial charge >= 0.3 is 0 Å². The Morgan fingerprint density at radius 3 is 2.63 bits per heavy atom. The van der Waals surface area contributed by atoms with E-state index in [9.17, 15) is 4.39 Å². The van der Waals surface area contributed by atoms with E-state index < -0.39 is 0 Å². The Morgan fingerprint density at radius 1 is 1.26 bits per heavy atom. The van der Waals surface area contributed by atoms with E-state index in [0.29, 0.717) is 23.8 Å². The Bertz CT molecular complexity index is 379. The van der Waals surface area contributed by atoms with E-state index in [4.69, 9.17) is 4.74 Å². The highest BCUT2D eigenvalue weighted by atomic mass is 19.1. The zero-order valence-corrected chi connectivity index (χ0v) is 12.5. The second-order valence-electron chi connectivity index (χ2n) is 5.36. The summed E-state index contributed by atoms with van der Waals surface area (Å²) in [6, 6.07) is 5.02. The molecule has 1 aromatic carbocycles. The molecular weight excluding hydrogens is 241 g/mol. The highest BCUT2D eigenvalue weighted by molar-refractivity contribution is 5.37. The average molecular weight is 267 g/mol. The molecule has 0 fully saturated rings. The molecule has 1 N–H and O–H groups in total. The van der Waals surface area contributed by atoms with E-state index in [1.165, 1.54) is 6.07 Å². The number of nitrogens with one attached hydrogen (secondary N) is 1. The number of ether oxygens (including phenoxy) is 1. The topological polar surface area (TPSA) is 21.3 Å². The summed E-state index contributed by atoms with van der Waals surface area (Å²) in [6.45, 7) is 9.89. The van der Waals surface area contributed by atoms with Crippen molar-refractivity contribution in [1.82, 2.24) is 5.32 Å². The Hall–Kier alpha value is -1.09. The molecule has 0 bridgehead atoms. The van der Waals surface area contributed by atoms with Gasteiger partial charge in [-0.1, -0.05) is 26.8 Å². The van der Waals surface area contributed by atoms with Gasteiger partial charge in [0.2, 0.25) is 0 Å². The van der Waals surface area contributed by atoms with Crippen LogP contribution in [0.1, 0.15) is 52.1 Å². The normalized spacial score (nSPS) is 12.7. The molecule has 0 aliphatic heterocycles. The first kappa shape index (κ1) is 16.0. The molecule has 1 atom stereocenters. The van der Waals surface area contributed by atoms with Crippen molar-refractivity contribution in [1.29, 1.82) is 0 Å². The molecule has 1 rings (SSSR count). The lowest BCUT2D eigenvalue weighted by Gasteiger charge is -2.19. The van der Waals surface area contributed by atoms with E-state index >= 15 is 0 Å². The Morgan fingerprint density at radius 2 is 2.00 bits per heavy atom. The van der Waals surface area contributed by atoms with E-state index in [1.807, 2.05) is 13.0 Å². The van der Waals surface area contributed by atoms with Gasteiger partial charge in [0.15, 0.2) is 0 Å². The van der Waals surface area contributed by atoms with Crippen molar-refractivity contribution < 1.29 is 9.13 Å². The highest BCUT2D eigenvalue weighted by Crippen LogP contribution is 2.28. The predicted molar refractivity (Wildman–Crippen MR) is 78.1 cm³/mol. The molecule has 1 aromatic rings. The van der Waals surface area contributed by atoms with Crippen LogP contribution in [0.25, 0.3) is 0 Å². The first-order valence-electron chi connectivity index (χ1n) is 7.20. The summed E-state index contributed by atoms with van der Waals surface area (Å²) in [4.78, 5) is 0. The zero-order valence-electron chi connectivity index (χ0n) is 12.5. The third kappa shape index (κ3) is 5.19. The van der Waals surface area contributed by atoms with Crippen LogP contribution in [0.15, 0.2) is 18.2 Å². The smallest absolute Gasteiger partial charge is 0.131 e. The monoisotopic (exact) mass is 267 g/mol. The third-order valence-corrected chi connectivity index (χ3v) is 3.10. The van der Waals surface area contributed by atoms with Crippen LogP contribution in [0.2, 0.25) is 0 Å². The fourth-order valence-corrected chi connectivity index (χ4v) is 1.93. The summed E-state index contributed by atoms with van der Waals surface area (Å²) in [5.74, 6) is 1.06. The predicted octanol–water partition coefficient (Wildman–Crippen LogP) is 4.31. The van der Waals surface area contributed by atoms with Gasteiger partial charge < -0.3 is 10.1 Å². The number of hydrogen-bond acceptors (Lipinski definition) is 2. The molecule has 1 unspecified atom stereocenters. The molecule has 108 valence electrons. The van der Waals surface area contributed by atoms with Crippen LogP contribution in [-0.2, 0) is 0 Å². The van der Waals surface area contributed by atoms with E-state index in [1.54, 1.807) is 6.07 Å². The van der Waals surface area contributed by atoms with Gasteiger partial charge in [-0.05, 0) is 44.4 Å². The summed E-state index contributed by atoms with van der Waals surface area (Å²) in [6.07, 6.45) is 2.01. The van der Waals surface area contributed by atoms with Gasteiger partial charge in [-0.3, -0.25) is 0 Å². The molecule has 0 radical (unpaired) electrons. The van der Waals surface area contributed by atoms with Gasteiger partial charge in [-0.25, -0.2) is 4.39 Å². The molecule has 0 heterocycles. The minimum absolute atomic E-state index is 0.0322. The maximum atomic E-state index is 14.0. The molecule has 2 nitrogen and oxygen atoms in total. The summed E-state index contributed by atoms with van der Waals surface area (Å²) in [7, 11) is 0. The highest BCUT2D eigenvalue weighted by Gasteiger charge is 2.16. The maximum Gasteiger partial charge on any atom is 0.131 e. The van der Waals surface area contributed by atoms with Gasteiger partial charge in [0, 0.05) is 11.6 Å². The summed E-state index contributed by atoms with van der Waals surface area (Å²) in [5.41, 5.74) is 0.639. The standard InChI is InChI=1S/C16H26FNO/c1-5-10-18-13(4)16-14(17)7-6-8-15(16)19-11-9-12(2)3/h6-8,12-13,18H,5,9-11H2,1-4H3. The number of benzene rings is 1. The minimum Gasteiger partial charge on any atom is -0.493 e. The SMILES string of the molecule is CCCNC(C)c1c(F)cccc1OCCC(C)C. The van der Waals surface area contributed by atoms with Crippen molar-refractivity contribution in [2.24, 2.45) is 5.92 Å². The second-order valence-corrected chi connectivity index (χ2v) is 5.36. The number of hydrogen-bond donors (Lipinski definition) is 1. The van der Waals surface area contributed by atoms with Crippen LogP contribution in [0.3, 0.4) is 0 Å². The Balaban J connectivity index is 2.76. The van der Waals surface area contributed by atoms with Crippen LogP contribution >= 0.6 is 0 Å². The Kier molecular flexibility index (Phi) is 6.85. The van der Waals surface area contributed by atoms with Crippen LogP contribution in [0.5, 0.6) is 5.75 Å². The zero-order chi connectivity index (χ0) is 14.3. The molecule has 0 aromatic heterocycles.